The molecule has 1 amide bonds. The van der Waals surface area contributed by atoms with Gasteiger partial charge in [-0.15, -0.1) is 11.3 Å². The summed E-state index contributed by atoms with van der Waals surface area (Å²) < 4.78 is 4.86. The Balaban J connectivity index is 2.57. The molecule has 0 atom stereocenters. The molecule has 0 aromatic carbocycles. The Bertz CT molecular complexity index is 373. The van der Waals surface area contributed by atoms with Crippen LogP contribution in [0.15, 0.2) is 5.38 Å². The minimum atomic E-state index is -0.561. The maximum atomic E-state index is 11.2. The van der Waals surface area contributed by atoms with E-state index in [1.165, 1.54) is 18.3 Å². The molecule has 0 saturated carbocycles. The molecule has 15 heavy (non-hydrogen) atoms. The quantitative estimate of drug-likeness (QED) is 0.806. The zero-order valence-corrected chi connectivity index (χ0v) is 9.55. The number of ether oxygens (including phenoxy) is 1. The molecule has 82 valence electrons. The lowest BCUT2D eigenvalue weighted by atomic mass is 10.4. The Hall–Kier alpha value is -1.43. The SMILES string of the molecule is CC(=O)c1csc(NC(=O)OC(C)C)n1. The maximum absolute atomic E-state index is 11.2. The number of carbonyl (C=O) groups is 2. The van der Waals surface area contributed by atoms with Crippen molar-refractivity contribution in [3.8, 4) is 0 Å². The molecule has 1 aromatic heterocycles. The van der Waals surface area contributed by atoms with Crippen LogP contribution in [0.25, 0.3) is 0 Å². The number of hydrogen-bond donors (Lipinski definition) is 1. The van der Waals surface area contributed by atoms with E-state index in [9.17, 15) is 9.59 Å². The number of carbonyl (C=O) groups excluding carboxylic acids is 2. The number of anilines is 1. The fourth-order valence-corrected chi connectivity index (χ4v) is 1.56. The van der Waals surface area contributed by atoms with E-state index in [4.69, 9.17) is 4.74 Å². The average molecular weight is 228 g/mol. The van der Waals surface area contributed by atoms with E-state index < -0.39 is 6.09 Å². The molecular formula is C9H12N2O3S. The van der Waals surface area contributed by atoms with Gasteiger partial charge in [0.2, 0.25) is 0 Å². The normalized spacial score (nSPS) is 10.1. The van der Waals surface area contributed by atoms with Crippen molar-refractivity contribution < 1.29 is 14.3 Å². The summed E-state index contributed by atoms with van der Waals surface area (Å²) in [7, 11) is 0. The lowest BCUT2D eigenvalue weighted by Crippen LogP contribution is -2.17. The van der Waals surface area contributed by atoms with Gasteiger partial charge in [-0.25, -0.2) is 9.78 Å². The van der Waals surface area contributed by atoms with Crippen LogP contribution in [0.2, 0.25) is 0 Å². The fraction of sp³-hybridized carbons (Fsp3) is 0.444. The molecule has 1 N–H and O–H groups in total. The molecule has 0 fully saturated rings. The van der Waals surface area contributed by atoms with Gasteiger partial charge in [-0.2, -0.15) is 0 Å². The Labute approximate surface area is 91.5 Å². The molecule has 0 aliphatic heterocycles. The monoisotopic (exact) mass is 228 g/mol. The predicted molar refractivity (Wildman–Crippen MR) is 57.4 cm³/mol. The lowest BCUT2D eigenvalue weighted by molar-refractivity contribution is 0.101. The van der Waals surface area contributed by atoms with Gasteiger partial charge in [0.15, 0.2) is 10.9 Å². The molecular weight excluding hydrogens is 216 g/mol. The number of hydrogen-bond acceptors (Lipinski definition) is 5. The van der Waals surface area contributed by atoms with Crippen molar-refractivity contribution >= 4 is 28.3 Å². The van der Waals surface area contributed by atoms with Crippen molar-refractivity contribution in [3.63, 3.8) is 0 Å². The van der Waals surface area contributed by atoms with Crippen LogP contribution < -0.4 is 5.32 Å². The Morgan fingerprint density at radius 2 is 2.20 bits per heavy atom. The third-order valence-electron chi connectivity index (χ3n) is 1.42. The highest BCUT2D eigenvalue weighted by Crippen LogP contribution is 2.15. The number of thiazole rings is 1. The molecule has 6 heteroatoms. The summed E-state index contributed by atoms with van der Waals surface area (Å²) in [6, 6.07) is 0. The minimum absolute atomic E-state index is 0.128. The molecule has 0 spiro atoms. The minimum Gasteiger partial charge on any atom is -0.447 e. The van der Waals surface area contributed by atoms with Crippen molar-refractivity contribution in [1.29, 1.82) is 0 Å². The Morgan fingerprint density at radius 3 is 2.67 bits per heavy atom. The van der Waals surface area contributed by atoms with Crippen LogP contribution in [0.1, 0.15) is 31.3 Å². The van der Waals surface area contributed by atoms with Crippen molar-refractivity contribution in [2.45, 2.75) is 26.9 Å². The van der Waals surface area contributed by atoms with Crippen molar-refractivity contribution in [2.75, 3.05) is 5.32 Å². The van der Waals surface area contributed by atoms with Gasteiger partial charge in [-0.3, -0.25) is 10.1 Å². The zero-order chi connectivity index (χ0) is 11.4. The maximum Gasteiger partial charge on any atom is 0.413 e. The number of nitrogens with one attached hydrogen (secondary N) is 1. The largest absolute Gasteiger partial charge is 0.447 e. The van der Waals surface area contributed by atoms with Crippen LogP contribution >= 0.6 is 11.3 Å². The van der Waals surface area contributed by atoms with Crippen LogP contribution in [0.5, 0.6) is 0 Å². The standard InChI is InChI=1S/C9H12N2O3S/c1-5(2)14-9(13)11-8-10-7(4-15-8)6(3)12/h4-5H,1-3H3,(H,10,11,13). The summed E-state index contributed by atoms with van der Waals surface area (Å²) in [6.45, 7) is 4.93. The number of ketones is 1. The first-order valence-corrected chi connectivity index (χ1v) is 5.31. The highest BCUT2D eigenvalue weighted by molar-refractivity contribution is 7.14. The summed E-state index contributed by atoms with van der Waals surface area (Å²) in [4.78, 5) is 26.0. The van der Waals surface area contributed by atoms with Crippen LogP contribution in [0.3, 0.4) is 0 Å². The highest BCUT2D eigenvalue weighted by atomic mass is 32.1. The molecule has 1 rings (SSSR count). The summed E-state index contributed by atoms with van der Waals surface area (Å²) in [5, 5.41) is 4.40. The van der Waals surface area contributed by atoms with E-state index in [0.717, 1.165) is 0 Å². The first kappa shape index (κ1) is 11.6. The average Bonchev–Trinajstić information content (AvgIpc) is 2.50. The van der Waals surface area contributed by atoms with E-state index in [1.807, 2.05) is 0 Å². The molecule has 5 nitrogen and oxygen atoms in total. The van der Waals surface area contributed by atoms with Crippen LogP contribution in [-0.2, 0) is 4.74 Å². The summed E-state index contributed by atoms with van der Waals surface area (Å²) in [5.74, 6) is -0.128. The molecule has 0 radical (unpaired) electrons. The van der Waals surface area contributed by atoms with Crippen molar-refractivity contribution in [2.24, 2.45) is 0 Å². The molecule has 0 bridgehead atoms. The topological polar surface area (TPSA) is 68.3 Å². The van der Waals surface area contributed by atoms with E-state index in [0.29, 0.717) is 10.8 Å². The van der Waals surface area contributed by atoms with Gasteiger partial charge in [0.1, 0.15) is 5.69 Å². The molecule has 1 aromatic rings. The van der Waals surface area contributed by atoms with Gasteiger partial charge in [0, 0.05) is 12.3 Å². The van der Waals surface area contributed by atoms with Gasteiger partial charge in [-0.05, 0) is 13.8 Å². The second-order valence-corrected chi connectivity index (χ2v) is 4.03. The van der Waals surface area contributed by atoms with Gasteiger partial charge < -0.3 is 4.74 Å². The Kier molecular flexibility index (Phi) is 3.79. The second-order valence-electron chi connectivity index (χ2n) is 3.17. The van der Waals surface area contributed by atoms with Crippen LogP contribution in [0, 0.1) is 0 Å². The third-order valence-corrected chi connectivity index (χ3v) is 2.17. The summed E-state index contributed by atoms with van der Waals surface area (Å²) in [6.07, 6.45) is -0.744. The van der Waals surface area contributed by atoms with E-state index in [2.05, 4.69) is 10.3 Å². The van der Waals surface area contributed by atoms with Gasteiger partial charge in [0.25, 0.3) is 0 Å². The van der Waals surface area contributed by atoms with Crippen molar-refractivity contribution in [3.05, 3.63) is 11.1 Å². The van der Waals surface area contributed by atoms with Crippen LogP contribution in [0.4, 0.5) is 9.93 Å². The lowest BCUT2D eigenvalue weighted by Gasteiger charge is -2.06. The molecule has 0 aliphatic carbocycles. The smallest absolute Gasteiger partial charge is 0.413 e. The molecule has 1 heterocycles. The summed E-state index contributed by atoms with van der Waals surface area (Å²) in [5.41, 5.74) is 0.347. The molecule has 0 unspecified atom stereocenters. The number of nitrogens with zero attached hydrogens (tertiary/aromatic N) is 1. The third kappa shape index (κ3) is 3.67. The van der Waals surface area contributed by atoms with Gasteiger partial charge in [0.05, 0.1) is 6.10 Å². The molecule has 0 aliphatic rings. The Morgan fingerprint density at radius 1 is 1.53 bits per heavy atom. The highest BCUT2D eigenvalue weighted by Gasteiger charge is 2.10. The van der Waals surface area contributed by atoms with Gasteiger partial charge >= 0.3 is 6.09 Å². The van der Waals surface area contributed by atoms with E-state index in [-0.39, 0.29) is 11.9 Å². The molecule has 0 saturated heterocycles. The van der Waals surface area contributed by atoms with E-state index in [1.54, 1.807) is 19.2 Å². The summed E-state index contributed by atoms with van der Waals surface area (Å²) >= 11 is 1.19. The van der Waals surface area contributed by atoms with Crippen molar-refractivity contribution in [1.82, 2.24) is 4.98 Å². The van der Waals surface area contributed by atoms with E-state index >= 15 is 0 Å². The number of amides is 1. The van der Waals surface area contributed by atoms with Gasteiger partial charge in [-0.1, -0.05) is 0 Å². The number of aromatic nitrogens is 1. The first-order valence-electron chi connectivity index (χ1n) is 4.43. The first-order chi connectivity index (χ1) is 6.99. The second kappa shape index (κ2) is 4.88. The predicted octanol–water partition coefficient (Wildman–Crippen LogP) is 2.30. The fourth-order valence-electron chi connectivity index (χ4n) is 0.824. The number of rotatable bonds is 3. The van der Waals surface area contributed by atoms with Crippen LogP contribution in [-0.4, -0.2) is 23.0 Å². The number of Topliss-reactive ketones (excluding diaryl/α,β-unsaturated/α-hetero) is 1. The zero-order valence-electron chi connectivity index (χ0n) is 8.73.